The Morgan fingerprint density at radius 3 is 2.41 bits per heavy atom. The lowest BCUT2D eigenvalue weighted by Gasteiger charge is -2.16. The van der Waals surface area contributed by atoms with Gasteiger partial charge in [0.1, 0.15) is 0 Å². The molecule has 2 aromatic carbocycles. The molecule has 0 bridgehead atoms. The van der Waals surface area contributed by atoms with Crippen molar-refractivity contribution < 1.29 is 19.6 Å². The molecule has 0 aliphatic rings. The molecule has 0 saturated heterocycles. The fourth-order valence-electron chi connectivity index (χ4n) is 2.99. The van der Waals surface area contributed by atoms with Crippen molar-refractivity contribution in [3.63, 3.8) is 0 Å². The number of anilines is 1. The summed E-state index contributed by atoms with van der Waals surface area (Å²) in [6.45, 7) is 4.20. The van der Waals surface area contributed by atoms with Crippen LogP contribution in [0.1, 0.15) is 36.1 Å². The number of amides is 1. The van der Waals surface area contributed by atoms with Gasteiger partial charge < -0.3 is 14.8 Å². The van der Waals surface area contributed by atoms with Crippen LogP contribution in [0.15, 0.2) is 36.4 Å². The first-order valence-corrected chi connectivity index (χ1v) is 8.93. The van der Waals surface area contributed by atoms with Crippen LogP contribution >= 0.6 is 0 Å². The van der Waals surface area contributed by atoms with E-state index in [9.17, 15) is 14.8 Å². The molecular formula is C20H23BN2O4. The Kier molecular flexibility index (Phi) is 7.41. The highest BCUT2D eigenvalue weighted by Gasteiger charge is 2.16. The van der Waals surface area contributed by atoms with E-state index in [0.717, 1.165) is 29.5 Å². The number of aryl methyl sites for hydroxylation is 2. The van der Waals surface area contributed by atoms with Gasteiger partial charge in [0.05, 0.1) is 18.2 Å². The number of rotatable bonds is 7. The zero-order chi connectivity index (χ0) is 19.8. The quantitative estimate of drug-likeness (QED) is 0.652. The van der Waals surface area contributed by atoms with Gasteiger partial charge in [0.2, 0.25) is 0 Å². The second-order valence-corrected chi connectivity index (χ2v) is 6.10. The summed E-state index contributed by atoms with van der Waals surface area (Å²) in [6, 6.07) is 12.2. The summed E-state index contributed by atoms with van der Waals surface area (Å²) < 4.78 is 5.27. The molecule has 1 amide bonds. The van der Waals surface area contributed by atoms with Gasteiger partial charge in [0, 0.05) is 12.1 Å². The lowest BCUT2D eigenvalue weighted by Crippen LogP contribution is -2.31. The second-order valence-electron chi connectivity index (χ2n) is 6.10. The minimum atomic E-state index is -1.50. The summed E-state index contributed by atoms with van der Waals surface area (Å²) in [5, 5.41) is 30.4. The van der Waals surface area contributed by atoms with Crippen LogP contribution in [0.4, 0.5) is 10.5 Å². The summed E-state index contributed by atoms with van der Waals surface area (Å²) in [5.41, 5.74) is 4.54. The Morgan fingerprint density at radius 1 is 1.19 bits per heavy atom. The average Bonchev–Trinajstić information content (AvgIpc) is 2.67. The van der Waals surface area contributed by atoms with Gasteiger partial charge >= 0.3 is 13.2 Å². The van der Waals surface area contributed by atoms with Gasteiger partial charge in [0.25, 0.3) is 0 Å². The summed E-state index contributed by atoms with van der Waals surface area (Å²) in [6.07, 6.45) is 1.45. The molecule has 0 aromatic heterocycles. The number of carbonyl (C=O) groups is 1. The minimum Gasteiger partial charge on any atom is -0.449 e. The molecule has 0 aliphatic carbocycles. The van der Waals surface area contributed by atoms with Gasteiger partial charge in [-0.2, -0.15) is 5.26 Å². The van der Waals surface area contributed by atoms with Gasteiger partial charge in [-0.25, -0.2) is 4.79 Å². The highest BCUT2D eigenvalue weighted by molar-refractivity contribution is 6.58. The third-order valence-electron chi connectivity index (χ3n) is 4.34. The van der Waals surface area contributed by atoms with Crippen molar-refractivity contribution in [3.05, 3.63) is 58.7 Å². The summed E-state index contributed by atoms with van der Waals surface area (Å²) in [4.78, 5) is 12.0. The lowest BCUT2D eigenvalue weighted by atomic mass is 9.76. The summed E-state index contributed by atoms with van der Waals surface area (Å²) in [5.74, 6) is 0. The first-order valence-electron chi connectivity index (χ1n) is 8.93. The molecular weight excluding hydrogens is 343 g/mol. The van der Waals surface area contributed by atoms with Crippen molar-refractivity contribution in [2.45, 2.75) is 33.1 Å². The van der Waals surface area contributed by atoms with E-state index in [1.165, 1.54) is 0 Å². The number of hydrogen-bond donors (Lipinski definition) is 3. The Hall–Kier alpha value is -2.82. The van der Waals surface area contributed by atoms with E-state index in [1.807, 2.05) is 19.9 Å². The average molecular weight is 366 g/mol. The Bertz CT molecular complexity index is 821. The lowest BCUT2D eigenvalue weighted by molar-refractivity contribution is 0.163. The van der Waals surface area contributed by atoms with Crippen LogP contribution in [0.3, 0.4) is 0 Å². The number of nitriles is 1. The molecule has 0 radical (unpaired) electrons. The van der Waals surface area contributed by atoms with Crippen LogP contribution in [-0.4, -0.2) is 29.9 Å². The maximum atomic E-state index is 12.0. The highest BCUT2D eigenvalue weighted by Crippen LogP contribution is 2.17. The van der Waals surface area contributed by atoms with Crippen LogP contribution in [0.5, 0.6) is 0 Å². The monoisotopic (exact) mass is 366 g/mol. The third-order valence-corrected chi connectivity index (χ3v) is 4.34. The molecule has 2 rings (SSSR count). The Morgan fingerprint density at radius 2 is 1.85 bits per heavy atom. The molecule has 27 heavy (non-hydrogen) atoms. The zero-order valence-electron chi connectivity index (χ0n) is 15.5. The molecule has 0 atom stereocenters. The molecule has 6 nitrogen and oxygen atoms in total. The third kappa shape index (κ3) is 5.58. The first kappa shape index (κ1) is 20.5. The van der Waals surface area contributed by atoms with E-state index in [1.54, 1.807) is 36.4 Å². The maximum absolute atomic E-state index is 12.0. The van der Waals surface area contributed by atoms with Gasteiger partial charge in [-0.05, 0) is 53.2 Å². The van der Waals surface area contributed by atoms with Crippen LogP contribution < -0.4 is 10.8 Å². The molecule has 0 aliphatic heterocycles. The van der Waals surface area contributed by atoms with E-state index < -0.39 is 13.2 Å². The Balaban J connectivity index is 2.01. The fourth-order valence-corrected chi connectivity index (χ4v) is 2.99. The van der Waals surface area contributed by atoms with E-state index in [4.69, 9.17) is 10.00 Å². The van der Waals surface area contributed by atoms with Gasteiger partial charge in [-0.1, -0.05) is 32.0 Å². The van der Waals surface area contributed by atoms with Crippen molar-refractivity contribution >= 4 is 24.4 Å². The van der Waals surface area contributed by atoms with E-state index in [-0.39, 0.29) is 6.61 Å². The predicted octanol–water partition coefficient (Wildman–Crippen LogP) is 2.15. The largest absolute Gasteiger partial charge is 0.488 e. The number of carbonyl (C=O) groups excluding carboxylic acids is 1. The van der Waals surface area contributed by atoms with E-state index >= 15 is 0 Å². The normalized spacial score (nSPS) is 10.2. The van der Waals surface area contributed by atoms with Crippen molar-refractivity contribution in [3.8, 4) is 6.07 Å². The summed E-state index contributed by atoms with van der Waals surface area (Å²) in [7, 11) is -1.50. The molecule has 3 N–H and O–H groups in total. The first-order chi connectivity index (χ1) is 13.0. The fraction of sp³-hybridized carbons (Fsp3) is 0.300. The van der Waals surface area contributed by atoms with Crippen molar-refractivity contribution in [1.29, 1.82) is 5.26 Å². The minimum absolute atomic E-state index is 0.199. The topological polar surface area (TPSA) is 103 Å². The molecule has 7 heteroatoms. The summed E-state index contributed by atoms with van der Waals surface area (Å²) >= 11 is 0. The predicted molar refractivity (Wildman–Crippen MR) is 105 cm³/mol. The Labute approximate surface area is 159 Å². The zero-order valence-corrected chi connectivity index (χ0v) is 15.5. The molecule has 0 spiro atoms. The van der Waals surface area contributed by atoms with Crippen LogP contribution in [0, 0.1) is 11.3 Å². The standard InChI is InChI=1S/C20H23BN2O4/c1-3-15-11-17(21(25)26)12-16(4-2)19(15)8-9-27-20(24)23-18-7-5-6-14(10-18)13-22/h5-7,10-12,25-26H,3-4,8-9H2,1-2H3,(H,23,24). The molecule has 0 saturated carbocycles. The maximum Gasteiger partial charge on any atom is 0.488 e. The van der Waals surface area contributed by atoms with Gasteiger partial charge in [-0.3, -0.25) is 5.32 Å². The number of hydrogen-bond acceptors (Lipinski definition) is 5. The smallest absolute Gasteiger partial charge is 0.449 e. The molecule has 0 fully saturated rings. The van der Waals surface area contributed by atoms with Crippen molar-refractivity contribution in [2.24, 2.45) is 0 Å². The highest BCUT2D eigenvalue weighted by atomic mass is 16.5. The second kappa shape index (κ2) is 9.76. The number of benzene rings is 2. The van der Waals surface area contributed by atoms with Crippen LogP contribution in [-0.2, 0) is 24.0 Å². The molecule has 140 valence electrons. The van der Waals surface area contributed by atoms with E-state index in [0.29, 0.717) is 23.1 Å². The SMILES string of the molecule is CCc1cc(B(O)O)cc(CC)c1CCOC(=O)Nc1cccc(C#N)c1. The van der Waals surface area contributed by atoms with Crippen LogP contribution in [0.2, 0.25) is 0 Å². The van der Waals surface area contributed by atoms with Gasteiger partial charge in [0.15, 0.2) is 0 Å². The number of nitrogens with one attached hydrogen (secondary N) is 1. The molecule has 2 aromatic rings. The van der Waals surface area contributed by atoms with Crippen LogP contribution in [0.25, 0.3) is 0 Å². The number of ether oxygens (including phenoxy) is 1. The van der Waals surface area contributed by atoms with Gasteiger partial charge in [-0.15, -0.1) is 0 Å². The van der Waals surface area contributed by atoms with Crippen molar-refractivity contribution in [1.82, 2.24) is 0 Å². The molecule has 0 unspecified atom stereocenters. The molecule has 0 heterocycles. The van der Waals surface area contributed by atoms with E-state index in [2.05, 4.69) is 5.32 Å². The van der Waals surface area contributed by atoms with Crippen molar-refractivity contribution in [2.75, 3.05) is 11.9 Å². The number of nitrogens with zero attached hydrogens (tertiary/aromatic N) is 1.